The van der Waals surface area contributed by atoms with E-state index in [4.69, 9.17) is 16.3 Å². The summed E-state index contributed by atoms with van der Waals surface area (Å²) >= 11 is 6.02. The minimum Gasteiger partial charge on any atom is -0.495 e. The Balaban J connectivity index is 2.05. The first-order valence-corrected chi connectivity index (χ1v) is 6.75. The molecule has 2 rings (SSSR count). The zero-order valence-electron chi connectivity index (χ0n) is 10.9. The topological polar surface area (TPSA) is 49.8 Å². The Morgan fingerprint density at radius 3 is 3.00 bits per heavy atom. The Morgan fingerprint density at radius 2 is 2.37 bits per heavy atom. The van der Waals surface area contributed by atoms with Crippen molar-refractivity contribution in [3.63, 3.8) is 0 Å². The van der Waals surface area contributed by atoms with Crippen LogP contribution in [0.3, 0.4) is 0 Å². The minimum absolute atomic E-state index is 0.0184. The third-order valence-electron chi connectivity index (χ3n) is 3.53. The maximum Gasteiger partial charge on any atom is 0.176 e. The summed E-state index contributed by atoms with van der Waals surface area (Å²) in [6.45, 7) is 1.30. The Bertz CT molecular complexity index is 464. The summed E-state index contributed by atoms with van der Waals surface area (Å²) in [7, 11) is 1.54. The number of aliphatic hydroxyl groups excluding tert-OH is 1. The quantitative estimate of drug-likeness (QED) is 0.840. The van der Waals surface area contributed by atoms with Crippen LogP contribution in [-0.4, -0.2) is 48.6 Å². The first-order chi connectivity index (χ1) is 9.15. The van der Waals surface area contributed by atoms with E-state index in [1.54, 1.807) is 25.3 Å². The number of ether oxygens (including phenoxy) is 1. The fourth-order valence-electron chi connectivity index (χ4n) is 2.43. The predicted molar refractivity (Wildman–Crippen MR) is 74.0 cm³/mol. The maximum atomic E-state index is 12.2. The highest BCUT2D eigenvalue weighted by atomic mass is 35.5. The molecule has 0 radical (unpaired) electrons. The van der Waals surface area contributed by atoms with Crippen molar-refractivity contribution in [1.82, 2.24) is 4.90 Å². The van der Waals surface area contributed by atoms with E-state index in [1.165, 1.54) is 0 Å². The number of benzene rings is 1. The summed E-state index contributed by atoms with van der Waals surface area (Å²) in [4.78, 5) is 14.2. The van der Waals surface area contributed by atoms with Crippen LogP contribution in [0.15, 0.2) is 18.2 Å². The van der Waals surface area contributed by atoms with Crippen molar-refractivity contribution in [1.29, 1.82) is 0 Å². The SMILES string of the molecule is COc1ccc(C(=O)CN2CCCC2CO)cc1Cl. The van der Waals surface area contributed by atoms with E-state index in [-0.39, 0.29) is 18.4 Å². The van der Waals surface area contributed by atoms with Crippen LogP contribution in [0.25, 0.3) is 0 Å². The zero-order valence-corrected chi connectivity index (χ0v) is 11.7. The van der Waals surface area contributed by atoms with Gasteiger partial charge in [0.25, 0.3) is 0 Å². The molecule has 5 heteroatoms. The van der Waals surface area contributed by atoms with Crippen molar-refractivity contribution in [3.05, 3.63) is 28.8 Å². The van der Waals surface area contributed by atoms with Gasteiger partial charge in [0.05, 0.1) is 25.3 Å². The molecule has 1 unspecified atom stereocenters. The van der Waals surface area contributed by atoms with Crippen molar-refractivity contribution in [3.8, 4) is 5.75 Å². The van der Waals surface area contributed by atoms with E-state index in [9.17, 15) is 9.90 Å². The number of carbonyl (C=O) groups excluding carboxylic acids is 1. The van der Waals surface area contributed by atoms with E-state index < -0.39 is 0 Å². The number of likely N-dealkylation sites (tertiary alicyclic amines) is 1. The van der Waals surface area contributed by atoms with Crippen LogP contribution >= 0.6 is 11.6 Å². The van der Waals surface area contributed by atoms with Crippen LogP contribution in [0.5, 0.6) is 5.75 Å². The summed E-state index contributed by atoms with van der Waals surface area (Å²) in [5.41, 5.74) is 0.578. The Morgan fingerprint density at radius 1 is 1.58 bits per heavy atom. The predicted octanol–water partition coefficient (Wildman–Crippen LogP) is 1.99. The number of nitrogens with zero attached hydrogens (tertiary/aromatic N) is 1. The van der Waals surface area contributed by atoms with E-state index in [2.05, 4.69) is 0 Å². The molecule has 0 aliphatic carbocycles. The monoisotopic (exact) mass is 283 g/mol. The highest BCUT2D eigenvalue weighted by Gasteiger charge is 2.25. The third kappa shape index (κ3) is 3.26. The highest BCUT2D eigenvalue weighted by molar-refractivity contribution is 6.32. The van der Waals surface area contributed by atoms with Crippen LogP contribution < -0.4 is 4.74 Å². The van der Waals surface area contributed by atoms with E-state index in [1.807, 2.05) is 4.90 Å². The van der Waals surface area contributed by atoms with Crippen molar-refractivity contribution in [2.45, 2.75) is 18.9 Å². The van der Waals surface area contributed by atoms with Gasteiger partial charge in [-0.2, -0.15) is 0 Å². The van der Waals surface area contributed by atoms with Crippen molar-refractivity contribution in [2.75, 3.05) is 26.8 Å². The molecule has 4 nitrogen and oxygen atoms in total. The second kappa shape index (κ2) is 6.37. The van der Waals surface area contributed by atoms with E-state index in [0.717, 1.165) is 19.4 Å². The van der Waals surface area contributed by atoms with Crippen molar-refractivity contribution in [2.24, 2.45) is 0 Å². The normalized spacial score (nSPS) is 19.6. The maximum absolute atomic E-state index is 12.2. The molecule has 1 N–H and O–H groups in total. The summed E-state index contributed by atoms with van der Waals surface area (Å²) in [5, 5.41) is 9.68. The number of methoxy groups -OCH3 is 1. The number of rotatable bonds is 5. The van der Waals surface area contributed by atoms with Crippen LogP contribution in [0, 0.1) is 0 Å². The van der Waals surface area contributed by atoms with Gasteiger partial charge >= 0.3 is 0 Å². The highest BCUT2D eigenvalue weighted by Crippen LogP contribution is 2.25. The van der Waals surface area contributed by atoms with E-state index in [0.29, 0.717) is 22.9 Å². The molecule has 0 aromatic heterocycles. The molecule has 19 heavy (non-hydrogen) atoms. The lowest BCUT2D eigenvalue weighted by molar-refractivity contribution is 0.0888. The number of carbonyl (C=O) groups is 1. The van der Waals surface area contributed by atoms with Crippen molar-refractivity contribution >= 4 is 17.4 Å². The van der Waals surface area contributed by atoms with Crippen LogP contribution in [0.4, 0.5) is 0 Å². The lowest BCUT2D eigenvalue weighted by Crippen LogP contribution is -2.36. The third-order valence-corrected chi connectivity index (χ3v) is 3.83. The zero-order chi connectivity index (χ0) is 13.8. The summed E-state index contributed by atoms with van der Waals surface area (Å²) in [6.07, 6.45) is 1.98. The average molecular weight is 284 g/mol. The van der Waals surface area contributed by atoms with Crippen LogP contribution in [0.2, 0.25) is 5.02 Å². The second-order valence-electron chi connectivity index (χ2n) is 4.72. The molecule has 0 spiro atoms. The molecule has 1 atom stereocenters. The number of ketones is 1. The van der Waals surface area contributed by atoms with Crippen LogP contribution in [-0.2, 0) is 0 Å². The number of Topliss-reactive ketones (excluding diaryl/α,β-unsaturated/α-hetero) is 1. The molecule has 0 saturated carbocycles. The van der Waals surface area contributed by atoms with E-state index >= 15 is 0 Å². The average Bonchev–Trinajstić information content (AvgIpc) is 2.85. The molecular weight excluding hydrogens is 266 g/mol. The molecule has 1 saturated heterocycles. The van der Waals surface area contributed by atoms with Gasteiger partial charge < -0.3 is 9.84 Å². The van der Waals surface area contributed by atoms with Gasteiger partial charge in [0.1, 0.15) is 5.75 Å². The second-order valence-corrected chi connectivity index (χ2v) is 5.13. The van der Waals surface area contributed by atoms with Gasteiger partial charge in [-0.15, -0.1) is 0 Å². The molecule has 1 aromatic rings. The van der Waals surface area contributed by atoms with Gasteiger partial charge in [0, 0.05) is 11.6 Å². The molecule has 1 aliphatic rings. The summed E-state index contributed by atoms with van der Waals surface area (Å²) in [5.74, 6) is 0.581. The molecule has 1 heterocycles. The van der Waals surface area contributed by atoms with Gasteiger partial charge in [0.2, 0.25) is 0 Å². The smallest absolute Gasteiger partial charge is 0.176 e. The molecule has 104 valence electrons. The molecular formula is C14H18ClNO3. The summed E-state index contributed by atoms with van der Waals surface area (Å²) < 4.78 is 5.06. The molecule has 1 fully saturated rings. The number of hydrogen-bond acceptors (Lipinski definition) is 4. The number of hydrogen-bond donors (Lipinski definition) is 1. The van der Waals surface area contributed by atoms with Crippen molar-refractivity contribution < 1.29 is 14.6 Å². The lowest BCUT2D eigenvalue weighted by atomic mass is 10.1. The first-order valence-electron chi connectivity index (χ1n) is 6.37. The largest absolute Gasteiger partial charge is 0.495 e. The minimum atomic E-state index is 0.0184. The molecule has 0 bridgehead atoms. The standard InChI is InChI=1S/C14H18ClNO3/c1-19-14-5-4-10(7-12(14)15)13(18)8-16-6-2-3-11(16)9-17/h4-5,7,11,17H,2-3,6,8-9H2,1H3. The van der Waals surface area contributed by atoms with Crippen LogP contribution in [0.1, 0.15) is 23.2 Å². The Kier molecular flexibility index (Phi) is 4.80. The van der Waals surface area contributed by atoms with Gasteiger partial charge in [-0.05, 0) is 37.6 Å². The van der Waals surface area contributed by atoms with Gasteiger partial charge in [0.15, 0.2) is 5.78 Å². The molecule has 1 aliphatic heterocycles. The Labute approximate surface area is 117 Å². The number of halogens is 1. The fraction of sp³-hybridized carbons (Fsp3) is 0.500. The Hall–Kier alpha value is -1.10. The first kappa shape index (κ1) is 14.3. The fourth-order valence-corrected chi connectivity index (χ4v) is 2.68. The van der Waals surface area contributed by atoms with Gasteiger partial charge in [-0.3, -0.25) is 9.69 Å². The summed E-state index contributed by atoms with van der Waals surface area (Å²) in [6, 6.07) is 5.16. The lowest BCUT2D eigenvalue weighted by Gasteiger charge is -2.21. The van der Waals surface area contributed by atoms with Gasteiger partial charge in [-0.1, -0.05) is 11.6 Å². The van der Waals surface area contributed by atoms with Gasteiger partial charge in [-0.25, -0.2) is 0 Å². The molecule has 0 amide bonds. The molecule has 1 aromatic carbocycles. The number of aliphatic hydroxyl groups is 1.